The van der Waals surface area contributed by atoms with E-state index < -0.39 is 5.60 Å². The Hall–Kier alpha value is -0.610. The van der Waals surface area contributed by atoms with Crippen LogP contribution in [-0.4, -0.2) is 47.8 Å². The topological polar surface area (TPSA) is 49.8 Å². The molecule has 1 aliphatic rings. The molecule has 1 unspecified atom stereocenters. The van der Waals surface area contributed by atoms with Crippen LogP contribution in [0.15, 0.2) is 0 Å². The van der Waals surface area contributed by atoms with E-state index in [1.807, 2.05) is 13.8 Å². The summed E-state index contributed by atoms with van der Waals surface area (Å²) in [7, 11) is 0. The average Bonchev–Trinajstić information content (AvgIpc) is 2.59. The van der Waals surface area contributed by atoms with E-state index in [2.05, 4.69) is 18.7 Å². The molecule has 1 fully saturated rings. The quantitative estimate of drug-likeness (QED) is 0.623. The van der Waals surface area contributed by atoms with E-state index in [0.717, 1.165) is 45.3 Å². The molecule has 0 aromatic rings. The smallest absolute Gasteiger partial charge is 0.312 e. The van der Waals surface area contributed by atoms with E-state index in [1.165, 1.54) is 6.42 Å². The number of carbonyl (C=O) groups excluding carboxylic acids is 1. The van der Waals surface area contributed by atoms with Crippen molar-refractivity contribution in [1.82, 2.24) is 4.90 Å². The molecule has 0 aromatic carbocycles. The first kappa shape index (κ1) is 20.4. The molecule has 0 spiro atoms. The van der Waals surface area contributed by atoms with Gasteiger partial charge in [0.1, 0.15) is 6.61 Å². The summed E-state index contributed by atoms with van der Waals surface area (Å²) in [4.78, 5) is 15.0. The first-order valence-electron chi connectivity index (χ1n) is 9.63. The van der Waals surface area contributed by atoms with Crippen molar-refractivity contribution in [2.75, 3.05) is 26.2 Å². The molecule has 1 atom stereocenters. The Bertz CT molecular complexity index is 332. The van der Waals surface area contributed by atoms with Gasteiger partial charge in [-0.15, -0.1) is 0 Å². The van der Waals surface area contributed by atoms with Gasteiger partial charge in [-0.25, -0.2) is 0 Å². The zero-order valence-electron chi connectivity index (χ0n) is 15.6. The Morgan fingerprint density at radius 2 is 1.70 bits per heavy atom. The minimum atomic E-state index is -0.922. The predicted octanol–water partition coefficient (Wildman–Crippen LogP) is 3.62. The van der Waals surface area contributed by atoms with Crippen LogP contribution in [0.5, 0.6) is 0 Å². The van der Waals surface area contributed by atoms with Gasteiger partial charge in [-0.2, -0.15) is 0 Å². The van der Waals surface area contributed by atoms with Crippen molar-refractivity contribution in [2.45, 2.75) is 78.2 Å². The Labute approximate surface area is 142 Å². The maximum absolute atomic E-state index is 12.8. The molecule has 0 bridgehead atoms. The fraction of sp³-hybridized carbons (Fsp3) is 0.947. The van der Waals surface area contributed by atoms with Gasteiger partial charge < -0.3 is 14.7 Å². The maximum atomic E-state index is 12.8. The van der Waals surface area contributed by atoms with Gasteiger partial charge in [0, 0.05) is 6.54 Å². The van der Waals surface area contributed by atoms with Crippen LogP contribution in [0.25, 0.3) is 0 Å². The van der Waals surface area contributed by atoms with Gasteiger partial charge in [-0.1, -0.05) is 47.0 Å². The van der Waals surface area contributed by atoms with Crippen molar-refractivity contribution in [2.24, 2.45) is 11.8 Å². The standard InChI is InChI=1S/C19H37NO3/c1-5-19(22,6-2)17(16-12-10-9-11-13-16)18(21)23-15-14-20(7-3)8-4/h16-17,22H,5-15H2,1-4H3. The molecule has 1 saturated carbocycles. The highest BCUT2D eigenvalue weighted by atomic mass is 16.5. The number of aliphatic hydroxyl groups is 1. The highest BCUT2D eigenvalue weighted by Gasteiger charge is 2.44. The number of rotatable bonds is 10. The van der Waals surface area contributed by atoms with Gasteiger partial charge in [-0.05, 0) is 44.7 Å². The van der Waals surface area contributed by atoms with E-state index >= 15 is 0 Å². The third kappa shape index (κ3) is 5.75. The lowest BCUT2D eigenvalue weighted by Crippen LogP contribution is -2.47. The SMILES string of the molecule is CCN(CC)CCOC(=O)C(C1CCCCC1)C(O)(CC)CC. The first-order chi connectivity index (χ1) is 11.0. The van der Waals surface area contributed by atoms with E-state index in [-0.39, 0.29) is 17.8 Å². The molecule has 0 amide bonds. The summed E-state index contributed by atoms with van der Waals surface area (Å²) in [6, 6.07) is 0. The Morgan fingerprint density at radius 1 is 1.13 bits per heavy atom. The van der Waals surface area contributed by atoms with Crippen LogP contribution in [0, 0.1) is 11.8 Å². The molecule has 4 nitrogen and oxygen atoms in total. The number of nitrogens with zero attached hydrogens (tertiary/aromatic N) is 1. The minimum absolute atomic E-state index is 0.185. The summed E-state index contributed by atoms with van der Waals surface area (Å²) < 4.78 is 5.60. The molecule has 4 heteroatoms. The maximum Gasteiger partial charge on any atom is 0.312 e. The Kier molecular flexibility index (Phi) is 9.15. The molecule has 1 aliphatic carbocycles. The monoisotopic (exact) mass is 327 g/mol. The lowest BCUT2D eigenvalue weighted by molar-refractivity contribution is -0.165. The summed E-state index contributed by atoms with van der Waals surface area (Å²) in [5, 5.41) is 11.0. The van der Waals surface area contributed by atoms with Gasteiger partial charge in [0.05, 0.1) is 11.5 Å². The zero-order chi connectivity index (χ0) is 17.3. The van der Waals surface area contributed by atoms with E-state index in [4.69, 9.17) is 4.74 Å². The fourth-order valence-electron chi connectivity index (χ4n) is 3.91. The van der Waals surface area contributed by atoms with Crippen molar-refractivity contribution >= 4 is 5.97 Å². The lowest BCUT2D eigenvalue weighted by atomic mass is 9.70. The van der Waals surface area contributed by atoms with Gasteiger partial charge in [-0.3, -0.25) is 4.79 Å². The second-order valence-electron chi connectivity index (χ2n) is 6.88. The second kappa shape index (κ2) is 10.3. The zero-order valence-corrected chi connectivity index (χ0v) is 15.6. The van der Waals surface area contributed by atoms with Crippen molar-refractivity contribution in [3.05, 3.63) is 0 Å². The van der Waals surface area contributed by atoms with Gasteiger partial charge in [0.25, 0.3) is 0 Å². The highest BCUT2D eigenvalue weighted by Crippen LogP contribution is 2.39. The van der Waals surface area contributed by atoms with Crippen molar-refractivity contribution in [3.8, 4) is 0 Å². The van der Waals surface area contributed by atoms with E-state index in [1.54, 1.807) is 0 Å². The lowest BCUT2D eigenvalue weighted by Gasteiger charge is -2.39. The number of esters is 1. The van der Waals surface area contributed by atoms with Crippen LogP contribution in [-0.2, 0) is 9.53 Å². The largest absolute Gasteiger partial charge is 0.464 e. The molecule has 136 valence electrons. The molecule has 0 heterocycles. The molecule has 0 aliphatic heterocycles. The van der Waals surface area contributed by atoms with Crippen LogP contribution in [0.1, 0.15) is 72.6 Å². The number of hydrogen-bond acceptors (Lipinski definition) is 4. The predicted molar refractivity (Wildman–Crippen MR) is 94.3 cm³/mol. The summed E-state index contributed by atoms with van der Waals surface area (Å²) in [5.41, 5.74) is -0.922. The molecule has 1 rings (SSSR count). The van der Waals surface area contributed by atoms with Gasteiger partial charge in [0.15, 0.2) is 0 Å². The number of carbonyl (C=O) groups is 1. The third-order valence-corrected chi connectivity index (χ3v) is 5.72. The van der Waals surface area contributed by atoms with Crippen LogP contribution >= 0.6 is 0 Å². The minimum Gasteiger partial charge on any atom is -0.464 e. The molecular formula is C19H37NO3. The van der Waals surface area contributed by atoms with Gasteiger partial charge >= 0.3 is 5.97 Å². The number of hydrogen-bond donors (Lipinski definition) is 1. The fourth-order valence-corrected chi connectivity index (χ4v) is 3.91. The Balaban J connectivity index is 2.72. The normalized spacial score (nSPS) is 18.2. The molecule has 0 saturated heterocycles. The molecular weight excluding hydrogens is 290 g/mol. The third-order valence-electron chi connectivity index (χ3n) is 5.72. The Morgan fingerprint density at radius 3 is 2.17 bits per heavy atom. The summed E-state index contributed by atoms with van der Waals surface area (Å²) in [6.45, 7) is 11.3. The summed E-state index contributed by atoms with van der Waals surface area (Å²) in [5.74, 6) is -0.278. The van der Waals surface area contributed by atoms with Crippen molar-refractivity contribution in [1.29, 1.82) is 0 Å². The highest BCUT2D eigenvalue weighted by molar-refractivity contribution is 5.74. The molecule has 0 radical (unpaired) electrons. The van der Waals surface area contributed by atoms with Crippen molar-refractivity contribution < 1.29 is 14.6 Å². The van der Waals surface area contributed by atoms with Crippen LogP contribution in [0.2, 0.25) is 0 Å². The van der Waals surface area contributed by atoms with E-state index in [0.29, 0.717) is 19.4 Å². The number of ether oxygens (including phenoxy) is 1. The summed E-state index contributed by atoms with van der Waals surface area (Å²) >= 11 is 0. The molecule has 1 N–H and O–H groups in total. The van der Waals surface area contributed by atoms with Crippen LogP contribution in [0.4, 0.5) is 0 Å². The summed E-state index contributed by atoms with van der Waals surface area (Å²) in [6.07, 6.45) is 6.87. The molecule has 23 heavy (non-hydrogen) atoms. The molecule has 0 aromatic heterocycles. The first-order valence-corrected chi connectivity index (χ1v) is 9.63. The number of likely N-dealkylation sites (N-methyl/N-ethyl adjacent to an activating group) is 1. The van der Waals surface area contributed by atoms with Gasteiger partial charge in [0.2, 0.25) is 0 Å². The van der Waals surface area contributed by atoms with Crippen LogP contribution in [0.3, 0.4) is 0 Å². The van der Waals surface area contributed by atoms with Crippen LogP contribution < -0.4 is 0 Å². The second-order valence-corrected chi connectivity index (χ2v) is 6.88. The average molecular weight is 328 g/mol. The van der Waals surface area contributed by atoms with Crippen molar-refractivity contribution in [3.63, 3.8) is 0 Å². The van der Waals surface area contributed by atoms with E-state index in [9.17, 15) is 9.90 Å².